The lowest BCUT2D eigenvalue weighted by atomic mass is 10.1. The fourth-order valence-corrected chi connectivity index (χ4v) is 3.05. The van der Waals surface area contributed by atoms with Gasteiger partial charge in [0.15, 0.2) is 6.61 Å². The molecule has 0 radical (unpaired) electrons. The van der Waals surface area contributed by atoms with Crippen LogP contribution < -0.4 is 15.4 Å². The molecular weight excluding hydrogens is 386 g/mol. The first-order chi connectivity index (χ1) is 14.5. The molecular formula is C22H19N3O5. The summed E-state index contributed by atoms with van der Waals surface area (Å²) < 4.78 is 5.68. The number of anilines is 1. The van der Waals surface area contributed by atoms with Crippen LogP contribution in [0.2, 0.25) is 0 Å². The van der Waals surface area contributed by atoms with Crippen molar-refractivity contribution < 1.29 is 19.2 Å². The summed E-state index contributed by atoms with van der Waals surface area (Å²) in [6, 6.07) is 16.8. The first-order valence-corrected chi connectivity index (χ1v) is 9.50. The molecule has 1 saturated carbocycles. The van der Waals surface area contributed by atoms with E-state index in [2.05, 4.69) is 10.6 Å². The van der Waals surface area contributed by atoms with Crippen molar-refractivity contribution in [2.24, 2.45) is 0 Å². The number of hydrogen-bond acceptors (Lipinski definition) is 5. The Morgan fingerprint density at radius 2 is 1.77 bits per heavy atom. The number of nitro benzene ring substituents is 1. The van der Waals surface area contributed by atoms with Crippen molar-refractivity contribution in [2.75, 3.05) is 11.9 Å². The summed E-state index contributed by atoms with van der Waals surface area (Å²) in [5.41, 5.74) is 0.402. The lowest BCUT2D eigenvalue weighted by Gasteiger charge is -2.13. The summed E-state index contributed by atoms with van der Waals surface area (Å²) in [7, 11) is 0. The van der Waals surface area contributed by atoms with Crippen LogP contribution in [0.25, 0.3) is 10.8 Å². The Kier molecular flexibility index (Phi) is 5.30. The van der Waals surface area contributed by atoms with Crippen molar-refractivity contribution >= 4 is 34.0 Å². The molecule has 8 nitrogen and oxygen atoms in total. The molecule has 0 saturated heterocycles. The van der Waals surface area contributed by atoms with E-state index >= 15 is 0 Å². The van der Waals surface area contributed by atoms with Crippen molar-refractivity contribution in [1.29, 1.82) is 0 Å². The van der Waals surface area contributed by atoms with Crippen molar-refractivity contribution in [3.63, 3.8) is 0 Å². The first-order valence-electron chi connectivity index (χ1n) is 9.50. The number of benzene rings is 3. The molecule has 4 rings (SSSR count). The highest BCUT2D eigenvalue weighted by Crippen LogP contribution is 2.28. The van der Waals surface area contributed by atoms with E-state index in [-0.39, 0.29) is 35.6 Å². The second kappa shape index (κ2) is 8.20. The molecule has 3 aromatic rings. The van der Waals surface area contributed by atoms with Crippen LogP contribution in [0.15, 0.2) is 60.7 Å². The van der Waals surface area contributed by atoms with Gasteiger partial charge in [0, 0.05) is 23.9 Å². The van der Waals surface area contributed by atoms with E-state index in [0.717, 1.165) is 23.6 Å². The second-order valence-electron chi connectivity index (χ2n) is 7.09. The number of nitrogens with zero attached hydrogens (tertiary/aromatic N) is 1. The number of carbonyl (C=O) groups excluding carboxylic acids is 2. The van der Waals surface area contributed by atoms with Crippen LogP contribution in [-0.2, 0) is 4.79 Å². The van der Waals surface area contributed by atoms with E-state index in [9.17, 15) is 19.7 Å². The largest absolute Gasteiger partial charge is 0.483 e. The van der Waals surface area contributed by atoms with Gasteiger partial charge in [-0.2, -0.15) is 0 Å². The number of rotatable bonds is 7. The zero-order chi connectivity index (χ0) is 21.1. The lowest BCUT2D eigenvalue weighted by molar-refractivity contribution is -0.384. The van der Waals surface area contributed by atoms with Crippen LogP contribution in [0.1, 0.15) is 23.2 Å². The molecule has 0 unspecified atom stereocenters. The maximum absolute atomic E-state index is 12.9. The molecule has 1 fully saturated rings. The maximum atomic E-state index is 12.9. The van der Waals surface area contributed by atoms with Crippen molar-refractivity contribution in [2.45, 2.75) is 18.9 Å². The van der Waals surface area contributed by atoms with Crippen molar-refractivity contribution in [1.82, 2.24) is 5.32 Å². The van der Waals surface area contributed by atoms with Crippen LogP contribution in [0, 0.1) is 10.1 Å². The zero-order valence-electron chi connectivity index (χ0n) is 16.0. The highest BCUT2D eigenvalue weighted by atomic mass is 16.6. The third kappa shape index (κ3) is 4.54. The summed E-state index contributed by atoms with van der Waals surface area (Å²) in [6.45, 7) is -0.202. The molecule has 0 atom stereocenters. The minimum absolute atomic E-state index is 0.125. The van der Waals surface area contributed by atoms with Crippen molar-refractivity contribution in [3.05, 3.63) is 76.3 Å². The topological polar surface area (TPSA) is 111 Å². The summed E-state index contributed by atoms with van der Waals surface area (Å²) in [5, 5.41) is 18.2. The predicted molar refractivity (Wildman–Crippen MR) is 112 cm³/mol. The quantitative estimate of drug-likeness (QED) is 0.460. The second-order valence-corrected chi connectivity index (χ2v) is 7.09. The molecule has 2 amide bonds. The van der Waals surface area contributed by atoms with Crippen molar-refractivity contribution in [3.8, 4) is 5.75 Å². The summed E-state index contributed by atoms with van der Waals surface area (Å²) in [6.07, 6.45) is 1.94. The zero-order valence-corrected chi connectivity index (χ0v) is 16.0. The average Bonchev–Trinajstić information content (AvgIpc) is 3.55. The molecule has 0 bridgehead atoms. The number of nitro groups is 1. The van der Waals surface area contributed by atoms with Gasteiger partial charge in [0.1, 0.15) is 5.75 Å². The number of hydrogen-bond donors (Lipinski definition) is 2. The maximum Gasteiger partial charge on any atom is 0.271 e. The van der Waals surface area contributed by atoms with Gasteiger partial charge in [0.2, 0.25) is 0 Å². The molecule has 0 aromatic heterocycles. The summed E-state index contributed by atoms with van der Waals surface area (Å²) >= 11 is 0. The van der Waals surface area contributed by atoms with Gasteiger partial charge >= 0.3 is 0 Å². The van der Waals surface area contributed by atoms with Gasteiger partial charge in [0.25, 0.3) is 17.5 Å². The molecule has 8 heteroatoms. The molecule has 152 valence electrons. The third-order valence-corrected chi connectivity index (χ3v) is 4.71. The Bertz CT molecular complexity index is 1140. The highest BCUT2D eigenvalue weighted by Gasteiger charge is 2.24. The summed E-state index contributed by atoms with van der Waals surface area (Å²) in [5.74, 6) is -0.461. The van der Waals surface area contributed by atoms with E-state index in [1.165, 1.54) is 18.2 Å². The Balaban J connectivity index is 1.60. The lowest BCUT2D eigenvalue weighted by Crippen LogP contribution is -2.30. The van der Waals surface area contributed by atoms with Gasteiger partial charge in [0.05, 0.1) is 10.5 Å². The molecule has 30 heavy (non-hydrogen) atoms. The molecule has 1 aliphatic rings. The van der Waals surface area contributed by atoms with Crippen LogP contribution in [0.4, 0.5) is 11.4 Å². The molecule has 1 aliphatic carbocycles. The van der Waals surface area contributed by atoms with E-state index in [1.807, 2.05) is 24.3 Å². The van der Waals surface area contributed by atoms with Gasteiger partial charge in [-0.15, -0.1) is 0 Å². The van der Waals surface area contributed by atoms with Crippen LogP contribution in [0.3, 0.4) is 0 Å². The fourth-order valence-electron chi connectivity index (χ4n) is 3.05. The normalized spacial score (nSPS) is 12.9. The van der Waals surface area contributed by atoms with Gasteiger partial charge in [-0.05, 0) is 41.8 Å². The van der Waals surface area contributed by atoms with E-state index < -0.39 is 10.8 Å². The number of non-ortho nitro benzene ring substituents is 1. The Morgan fingerprint density at radius 1 is 1.03 bits per heavy atom. The molecule has 0 heterocycles. The SMILES string of the molecule is O=C(COc1cc2ccccc2cc1C(=O)Nc1cccc([N+](=O)[O-])c1)NC1CC1. The number of fused-ring (bicyclic) bond motifs is 1. The molecule has 3 aromatic carbocycles. The van der Waals surface area contributed by atoms with Gasteiger partial charge in [-0.1, -0.05) is 30.3 Å². The number of carbonyl (C=O) groups is 2. The predicted octanol–water partition coefficient (Wildman–Crippen LogP) is 3.66. The smallest absolute Gasteiger partial charge is 0.271 e. The van der Waals surface area contributed by atoms with Crippen LogP contribution >= 0.6 is 0 Å². The molecule has 0 spiro atoms. The number of ether oxygens (including phenoxy) is 1. The Labute approximate surface area is 172 Å². The van der Waals surface area contributed by atoms with E-state index in [1.54, 1.807) is 18.2 Å². The molecule has 2 N–H and O–H groups in total. The minimum atomic E-state index is -0.529. The van der Waals surface area contributed by atoms with Crippen LogP contribution in [-0.4, -0.2) is 29.4 Å². The first kappa shape index (κ1) is 19.4. The standard InChI is InChI=1S/C22H19N3O5/c26-21(23-16-8-9-16)13-30-20-11-15-5-2-1-4-14(15)10-19(20)22(27)24-17-6-3-7-18(12-17)25(28)29/h1-7,10-12,16H,8-9,13H2,(H,23,26)(H,24,27). The molecule has 0 aliphatic heterocycles. The fraction of sp³-hybridized carbons (Fsp3) is 0.182. The average molecular weight is 405 g/mol. The monoisotopic (exact) mass is 405 g/mol. The van der Waals surface area contributed by atoms with E-state index in [0.29, 0.717) is 5.69 Å². The van der Waals surface area contributed by atoms with Crippen LogP contribution in [0.5, 0.6) is 5.75 Å². The number of amides is 2. The Hall–Kier alpha value is -3.94. The minimum Gasteiger partial charge on any atom is -0.483 e. The third-order valence-electron chi connectivity index (χ3n) is 4.71. The van der Waals surface area contributed by atoms with Gasteiger partial charge in [-0.3, -0.25) is 19.7 Å². The highest BCUT2D eigenvalue weighted by molar-refractivity contribution is 6.08. The number of nitrogens with one attached hydrogen (secondary N) is 2. The Morgan fingerprint density at radius 3 is 2.47 bits per heavy atom. The summed E-state index contributed by atoms with van der Waals surface area (Å²) in [4.78, 5) is 35.4. The van der Waals surface area contributed by atoms with Gasteiger partial charge < -0.3 is 15.4 Å². The van der Waals surface area contributed by atoms with Gasteiger partial charge in [-0.25, -0.2) is 0 Å². The van der Waals surface area contributed by atoms with E-state index in [4.69, 9.17) is 4.74 Å².